The Morgan fingerprint density at radius 3 is 2.13 bits per heavy atom. The van der Waals surface area contributed by atoms with Crippen LogP contribution in [0.1, 0.15) is 11.1 Å². The number of sulfonamides is 1. The first-order valence-electron chi connectivity index (χ1n) is 6.21. The van der Waals surface area contributed by atoms with Crippen molar-refractivity contribution in [3.05, 3.63) is 65.2 Å². The summed E-state index contributed by atoms with van der Waals surface area (Å²) < 4.78 is 90.2. The Hall–Kier alpha value is -2.00. The van der Waals surface area contributed by atoms with Crippen molar-refractivity contribution in [1.29, 1.82) is 0 Å². The lowest BCUT2D eigenvalue weighted by Gasteiger charge is -2.12. The summed E-state index contributed by atoms with van der Waals surface area (Å²) in [5, 5.41) is 0. The first kappa shape index (κ1) is 17.4. The summed E-state index contributed by atoms with van der Waals surface area (Å²) in [6.07, 6.45) is -4.88. The first-order chi connectivity index (χ1) is 10.6. The Morgan fingerprint density at radius 1 is 0.957 bits per heavy atom. The normalized spacial score (nSPS) is 12.4. The second-order valence-electron chi connectivity index (χ2n) is 4.55. The van der Waals surface area contributed by atoms with E-state index in [9.17, 15) is 30.4 Å². The summed E-state index contributed by atoms with van der Waals surface area (Å²) in [5.41, 5.74) is -1.93. The van der Waals surface area contributed by atoms with Gasteiger partial charge in [-0.15, -0.1) is 0 Å². The standard InChI is InChI=1S/C14H10F5NO2S/c15-10-4-6-11(7-5-10)23(21,22)20-8-9-2-1-3-12(13(9)16)14(17,18)19/h1-7,20H,8H2. The van der Waals surface area contributed by atoms with Crippen molar-refractivity contribution in [2.75, 3.05) is 0 Å². The van der Waals surface area contributed by atoms with Gasteiger partial charge in [0.05, 0.1) is 10.5 Å². The second-order valence-corrected chi connectivity index (χ2v) is 6.32. The van der Waals surface area contributed by atoms with Crippen molar-refractivity contribution < 1.29 is 30.4 Å². The SMILES string of the molecule is O=S(=O)(NCc1cccc(C(F)(F)F)c1F)c1ccc(F)cc1. The van der Waals surface area contributed by atoms with Gasteiger partial charge in [0.1, 0.15) is 11.6 Å². The molecule has 0 aliphatic heterocycles. The molecule has 0 bridgehead atoms. The minimum Gasteiger partial charge on any atom is -0.207 e. The highest BCUT2D eigenvalue weighted by molar-refractivity contribution is 7.89. The number of nitrogens with one attached hydrogen (secondary N) is 1. The van der Waals surface area contributed by atoms with E-state index in [-0.39, 0.29) is 4.90 Å². The maximum atomic E-state index is 13.8. The number of rotatable bonds is 4. The molecule has 3 nitrogen and oxygen atoms in total. The summed E-state index contributed by atoms with van der Waals surface area (Å²) in [6.45, 7) is -0.671. The van der Waals surface area contributed by atoms with Gasteiger partial charge in [0.15, 0.2) is 0 Å². The number of hydrogen-bond donors (Lipinski definition) is 1. The summed E-state index contributed by atoms with van der Waals surface area (Å²) in [4.78, 5) is -0.286. The molecule has 0 saturated carbocycles. The van der Waals surface area contributed by atoms with E-state index in [1.54, 1.807) is 0 Å². The van der Waals surface area contributed by atoms with E-state index in [1.165, 1.54) is 0 Å². The van der Waals surface area contributed by atoms with E-state index >= 15 is 0 Å². The van der Waals surface area contributed by atoms with Gasteiger partial charge < -0.3 is 0 Å². The lowest BCUT2D eigenvalue weighted by molar-refractivity contribution is -0.140. The van der Waals surface area contributed by atoms with Crippen LogP contribution in [0.15, 0.2) is 47.4 Å². The van der Waals surface area contributed by atoms with Crippen molar-refractivity contribution in [3.8, 4) is 0 Å². The Bertz CT molecular complexity index is 801. The molecule has 0 saturated heterocycles. The van der Waals surface area contributed by atoms with Gasteiger partial charge in [-0.1, -0.05) is 12.1 Å². The largest absolute Gasteiger partial charge is 0.419 e. The van der Waals surface area contributed by atoms with Gasteiger partial charge in [-0.25, -0.2) is 21.9 Å². The molecule has 0 radical (unpaired) electrons. The molecule has 0 atom stereocenters. The fraction of sp³-hybridized carbons (Fsp3) is 0.143. The van der Waals surface area contributed by atoms with E-state index < -0.39 is 45.5 Å². The third-order valence-electron chi connectivity index (χ3n) is 2.96. The van der Waals surface area contributed by atoms with E-state index in [1.807, 2.05) is 4.72 Å². The smallest absolute Gasteiger partial charge is 0.207 e. The lowest BCUT2D eigenvalue weighted by Crippen LogP contribution is -2.24. The van der Waals surface area contributed by atoms with E-state index in [0.717, 1.165) is 36.4 Å². The van der Waals surface area contributed by atoms with Gasteiger partial charge in [-0.2, -0.15) is 13.2 Å². The topological polar surface area (TPSA) is 46.2 Å². The van der Waals surface area contributed by atoms with Gasteiger partial charge in [-0.3, -0.25) is 0 Å². The fourth-order valence-corrected chi connectivity index (χ4v) is 2.81. The Labute approximate surface area is 128 Å². The number of hydrogen-bond acceptors (Lipinski definition) is 2. The van der Waals surface area contributed by atoms with Crippen LogP contribution >= 0.6 is 0 Å². The highest BCUT2D eigenvalue weighted by Crippen LogP contribution is 2.32. The van der Waals surface area contributed by atoms with Gasteiger partial charge >= 0.3 is 6.18 Å². The fourth-order valence-electron chi connectivity index (χ4n) is 1.81. The molecule has 124 valence electrons. The molecule has 0 heterocycles. The second kappa shape index (κ2) is 6.25. The average Bonchev–Trinajstić information content (AvgIpc) is 2.45. The zero-order chi connectivity index (χ0) is 17.3. The van der Waals surface area contributed by atoms with Crippen molar-refractivity contribution in [1.82, 2.24) is 4.72 Å². The number of halogens is 5. The lowest BCUT2D eigenvalue weighted by atomic mass is 10.1. The molecular formula is C14H10F5NO2S. The average molecular weight is 351 g/mol. The molecule has 0 spiro atoms. The molecule has 0 aromatic heterocycles. The Balaban J connectivity index is 2.22. The van der Waals surface area contributed by atoms with Gasteiger partial charge in [-0.05, 0) is 30.3 Å². The van der Waals surface area contributed by atoms with Crippen LogP contribution < -0.4 is 4.72 Å². The monoisotopic (exact) mass is 351 g/mol. The molecule has 2 aromatic rings. The molecule has 9 heteroatoms. The Morgan fingerprint density at radius 2 is 1.57 bits per heavy atom. The third kappa shape index (κ3) is 4.05. The van der Waals surface area contributed by atoms with Crippen LogP contribution in [0.2, 0.25) is 0 Å². The molecule has 0 aliphatic rings. The molecule has 0 aliphatic carbocycles. The van der Waals surface area contributed by atoms with Crippen LogP contribution in [0.5, 0.6) is 0 Å². The summed E-state index contributed by atoms with van der Waals surface area (Å²) in [7, 11) is -4.10. The number of benzene rings is 2. The van der Waals surface area contributed by atoms with E-state index in [4.69, 9.17) is 0 Å². The van der Waals surface area contributed by atoms with Crippen LogP contribution in [0.4, 0.5) is 22.0 Å². The molecule has 1 N–H and O–H groups in total. The van der Waals surface area contributed by atoms with E-state index in [0.29, 0.717) is 6.07 Å². The predicted molar refractivity (Wildman–Crippen MR) is 71.8 cm³/mol. The molecule has 2 rings (SSSR count). The minimum absolute atomic E-state index is 0.286. The van der Waals surface area contributed by atoms with Crippen molar-refractivity contribution in [2.45, 2.75) is 17.6 Å². The van der Waals surface area contributed by atoms with E-state index in [2.05, 4.69) is 0 Å². The number of alkyl halides is 3. The molecule has 0 amide bonds. The van der Waals surface area contributed by atoms with Crippen LogP contribution in [0, 0.1) is 11.6 Å². The van der Waals surface area contributed by atoms with Crippen LogP contribution in [0.3, 0.4) is 0 Å². The van der Waals surface area contributed by atoms with Gasteiger partial charge in [0.25, 0.3) is 0 Å². The summed E-state index contributed by atoms with van der Waals surface area (Å²) in [5.74, 6) is -2.19. The minimum atomic E-state index is -4.88. The van der Waals surface area contributed by atoms with Crippen molar-refractivity contribution in [2.24, 2.45) is 0 Å². The quantitative estimate of drug-likeness (QED) is 0.858. The highest BCUT2D eigenvalue weighted by Gasteiger charge is 2.34. The molecule has 0 fully saturated rings. The van der Waals surface area contributed by atoms with Crippen molar-refractivity contribution in [3.63, 3.8) is 0 Å². The van der Waals surface area contributed by atoms with Crippen LogP contribution in [-0.2, 0) is 22.7 Å². The highest BCUT2D eigenvalue weighted by atomic mass is 32.2. The summed E-state index contributed by atoms with van der Waals surface area (Å²) >= 11 is 0. The Kier molecular flexibility index (Phi) is 4.71. The van der Waals surface area contributed by atoms with Crippen LogP contribution in [0.25, 0.3) is 0 Å². The molecule has 23 heavy (non-hydrogen) atoms. The van der Waals surface area contributed by atoms with Gasteiger partial charge in [0.2, 0.25) is 10.0 Å². The predicted octanol–water partition coefficient (Wildman–Crippen LogP) is 3.46. The zero-order valence-corrected chi connectivity index (χ0v) is 12.2. The van der Waals surface area contributed by atoms with Gasteiger partial charge in [0, 0.05) is 12.1 Å². The first-order valence-corrected chi connectivity index (χ1v) is 7.69. The molecule has 0 unspecified atom stereocenters. The molecule has 2 aromatic carbocycles. The summed E-state index contributed by atoms with van der Waals surface area (Å²) in [6, 6.07) is 6.39. The maximum absolute atomic E-state index is 13.8. The van der Waals surface area contributed by atoms with Crippen molar-refractivity contribution >= 4 is 10.0 Å². The maximum Gasteiger partial charge on any atom is 0.419 e. The third-order valence-corrected chi connectivity index (χ3v) is 4.38. The van der Waals surface area contributed by atoms with Crippen LogP contribution in [-0.4, -0.2) is 8.42 Å². The molecular weight excluding hydrogens is 341 g/mol. The zero-order valence-electron chi connectivity index (χ0n) is 11.4.